The van der Waals surface area contributed by atoms with Gasteiger partial charge in [0.1, 0.15) is 6.10 Å². The Kier molecular flexibility index (Phi) is 54.5. The summed E-state index contributed by atoms with van der Waals surface area (Å²) in [4.78, 5) is 26.3. The topological polar surface area (TPSA) is 95.9 Å². The molecule has 3 unspecified atom stereocenters. The van der Waals surface area contributed by atoms with Crippen LogP contribution in [0.5, 0.6) is 0 Å². The molecule has 6 heteroatoms. The number of allylic oxidation sites excluding steroid dienone is 14. The van der Waals surface area contributed by atoms with Gasteiger partial charge in [-0.15, -0.1) is 0 Å². The average Bonchev–Trinajstić information content (AvgIpc) is 3.35. The van der Waals surface area contributed by atoms with Crippen molar-refractivity contribution in [3.8, 4) is 0 Å². The van der Waals surface area contributed by atoms with Gasteiger partial charge in [-0.05, 0) is 109 Å². The second-order valence-corrected chi connectivity index (χ2v) is 20.0. The van der Waals surface area contributed by atoms with Crippen molar-refractivity contribution in [2.24, 2.45) is 0 Å². The minimum Gasteiger partial charge on any atom is -0.462 e. The second-order valence-electron chi connectivity index (χ2n) is 20.0. The first-order valence-corrected chi connectivity index (χ1v) is 29.8. The molecular weight excluding hydrogens is 863 g/mol. The van der Waals surface area contributed by atoms with E-state index in [0.29, 0.717) is 19.3 Å². The fourth-order valence-corrected chi connectivity index (χ4v) is 8.66. The average molecular weight is 977 g/mol. The van der Waals surface area contributed by atoms with E-state index in [0.717, 1.165) is 96.3 Å². The zero-order valence-electron chi connectivity index (χ0n) is 46.1. The number of amides is 1. The Morgan fingerprint density at radius 2 is 0.729 bits per heavy atom. The number of carbonyl (C=O) groups is 2. The van der Waals surface area contributed by atoms with Crippen LogP contribution in [0.3, 0.4) is 0 Å². The first kappa shape index (κ1) is 67.0. The maximum atomic E-state index is 13.3. The number of unbranched alkanes of at least 4 members (excludes halogenated alkanes) is 27. The third-order valence-electron chi connectivity index (χ3n) is 13.2. The van der Waals surface area contributed by atoms with E-state index < -0.39 is 18.2 Å². The van der Waals surface area contributed by atoms with Crippen molar-refractivity contribution >= 4 is 11.9 Å². The highest BCUT2D eigenvalue weighted by molar-refractivity contribution is 5.77. The molecule has 70 heavy (non-hydrogen) atoms. The van der Waals surface area contributed by atoms with Crippen molar-refractivity contribution in [1.82, 2.24) is 5.32 Å². The number of ether oxygens (including phenoxy) is 1. The van der Waals surface area contributed by atoms with Crippen molar-refractivity contribution in [3.05, 3.63) is 85.1 Å². The maximum absolute atomic E-state index is 13.3. The Bertz CT molecular complexity index is 1330. The van der Waals surface area contributed by atoms with E-state index in [1.54, 1.807) is 0 Å². The van der Waals surface area contributed by atoms with Gasteiger partial charge >= 0.3 is 5.97 Å². The molecule has 3 atom stereocenters. The quantitative estimate of drug-likeness (QED) is 0.0321. The van der Waals surface area contributed by atoms with Gasteiger partial charge in [-0.2, -0.15) is 0 Å². The minimum atomic E-state index is -0.809. The van der Waals surface area contributed by atoms with Crippen molar-refractivity contribution in [3.63, 3.8) is 0 Å². The van der Waals surface area contributed by atoms with Crippen LogP contribution in [0, 0.1) is 0 Å². The first-order chi connectivity index (χ1) is 34.5. The van der Waals surface area contributed by atoms with E-state index in [9.17, 15) is 19.8 Å². The lowest BCUT2D eigenvalue weighted by molar-refractivity contribution is -0.151. The van der Waals surface area contributed by atoms with Crippen molar-refractivity contribution in [1.29, 1.82) is 0 Å². The number of hydrogen-bond donors (Lipinski definition) is 3. The highest BCUT2D eigenvalue weighted by Gasteiger charge is 2.24. The zero-order chi connectivity index (χ0) is 50.9. The van der Waals surface area contributed by atoms with E-state index in [1.807, 2.05) is 0 Å². The van der Waals surface area contributed by atoms with Crippen LogP contribution in [-0.4, -0.2) is 46.9 Å². The summed E-state index contributed by atoms with van der Waals surface area (Å²) in [5, 5.41) is 23.9. The predicted octanol–water partition coefficient (Wildman–Crippen LogP) is 18.7. The molecule has 1 amide bonds. The molecule has 0 heterocycles. The summed E-state index contributed by atoms with van der Waals surface area (Å²) in [6, 6.07) is -0.726. The maximum Gasteiger partial charge on any atom is 0.306 e. The van der Waals surface area contributed by atoms with Crippen LogP contribution in [0.25, 0.3) is 0 Å². The molecule has 0 aliphatic heterocycles. The lowest BCUT2D eigenvalue weighted by atomic mass is 10.0. The molecule has 0 saturated carbocycles. The Morgan fingerprint density at radius 1 is 0.414 bits per heavy atom. The van der Waals surface area contributed by atoms with Crippen LogP contribution in [0.2, 0.25) is 0 Å². The van der Waals surface area contributed by atoms with E-state index in [1.165, 1.54) is 141 Å². The fourth-order valence-electron chi connectivity index (χ4n) is 8.66. The van der Waals surface area contributed by atoms with Gasteiger partial charge in [0, 0.05) is 6.42 Å². The van der Waals surface area contributed by atoms with Crippen LogP contribution in [-0.2, 0) is 14.3 Å². The zero-order valence-corrected chi connectivity index (χ0v) is 46.1. The largest absolute Gasteiger partial charge is 0.462 e. The highest BCUT2D eigenvalue weighted by atomic mass is 16.5. The fraction of sp³-hybridized carbons (Fsp3) is 0.750. The summed E-state index contributed by atoms with van der Waals surface area (Å²) < 4.78 is 5.93. The van der Waals surface area contributed by atoms with E-state index in [4.69, 9.17) is 4.74 Å². The van der Waals surface area contributed by atoms with Gasteiger partial charge in [0.05, 0.1) is 25.2 Å². The SMILES string of the molecule is CCCCC/C=C\C/C=C\C/C=C\C/C=C\CCCCCC(=O)OC(CCCC/C=C\C/C=C\C/C=C\CCCCC)CC(=O)NC(CO)C(O)CCCCCCCCCCCCCCCCCCC. The van der Waals surface area contributed by atoms with E-state index >= 15 is 0 Å². The number of esters is 1. The van der Waals surface area contributed by atoms with Crippen molar-refractivity contribution in [2.75, 3.05) is 6.61 Å². The number of hydrogen-bond acceptors (Lipinski definition) is 5. The molecule has 3 N–H and O–H groups in total. The number of rotatable bonds is 53. The Balaban J connectivity index is 4.65. The summed E-state index contributed by atoms with van der Waals surface area (Å²) in [5.41, 5.74) is 0. The van der Waals surface area contributed by atoms with E-state index in [-0.39, 0.29) is 24.9 Å². The predicted molar refractivity (Wildman–Crippen MR) is 305 cm³/mol. The third-order valence-corrected chi connectivity index (χ3v) is 13.2. The number of carbonyl (C=O) groups excluding carboxylic acids is 2. The molecule has 0 aromatic carbocycles. The van der Waals surface area contributed by atoms with Gasteiger partial charge in [0.15, 0.2) is 0 Å². The summed E-state index contributed by atoms with van der Waals surface area (Å²) in [7, 11) is 0. The van der Waals surface area contributed by atoms with Gasteiger partial charge in [0.25, 0.3) is 0 Å². The van der Waals surface area contributed by atoms with Gasteiger partial charge in [-0.25, -0.2) is 0 Å². The molecule has 0 bridgehead atoms. The molecule has 0 radical (unpaired) electrons. The Hall–Kier alpha value is -2.96. The van der Waals surface area contributed by atoms with Gasteiger partial charge < -0.3 is 20.3 Å². The highest BCUT2D eigenvalue weighted by Crippen LogP contribution is 2.17. The summed E-state index contributed by atoms with van der Waals surface area (Å²) in [5.74, 6) is -0.546. The lowest BCUT2D eigenvalue weighted by Gasteiger charge is -2.24. The van der Waals surface area contributed by atoms with Gasteiger partial charge in [-0.3, -0.25) is 9.59 Å². The molecule has 0 fully saturated rings. The summed E-state index contributed by atoms with van der Waals surface area (Å²) in [6.07, 6.45) is 75.0. The minimum absolute atomic E-state index is 0.0356. The molecule has 6 nitrogen and oxygen atoms in total. The van der Waals surface area contributed by atoms with Crippen molar-refractivity contribution < 1.29 is 24.5 Å². The Morgan fingerprint density at radius 3 is 1.13 bits per heavy atom. The third kappa shape index (κ3) is 51.4. The van der Waals surface area contributed by atoms with Crippen LogP contribution in [0.15, 0.2) is 85.1 Å². The first-order valence-electron chi connectivity index (χ1n) is 29.8. The second kappa shape index (κ2) is 56.9. The van der Waals surface area contributed by atoms with Gasteiger partial charge in [0.2, 0.25) is 5.91 Å². The lowest BCUT2D eigenvalue weighted by Crippen LogP contribution is -2.46. The normalized spacial score (nSPS) is 13.7. The van der Waals surface area contributed by atoms with Crippen LogP contribution in [0.4, 0.5) is 0 Å². The molecule has 0 rings (SSSR count). The van der Waals surface area contributed by atoms with Gasteiger partial charge in [-0.1, -0.05) is 247 Å². The summed E-state index contributed by atoms with van der Waals surface area (Å²) >= 11 is 0. The van der Waals surface area contributed by atoms with Crippen LogP contribution >= 0.6 is 0 Å². The van der Waals surface area contributed by atoms with Crippen LogP contribution < -0.4 is 5.32 Å². The smallest absolute Gasteiger partial charge is 0.306 e. The standard InChI is InChI=1S/C64H113NO5/c1-4-7-10-13-16-19-22-25-28-30-31-33-36-39-42-45-48-51-54-57-64(69)70-60(55-52-49-46-43-40-37-34-27-24-21-18-15-12-9-6-3)58-63(68)65-61(59-66)62(67)56-53-50-47-44-41-38-35-32-29-26-23-20-17-14-11-8-5-2/h16,18-19,21,25,27-28,31,33-34,39-40,42-43,60-62,66-67H,4-15,17,20,22-24,26,29-30,32,35-38,41,44-59H2,1-3H3,(H,65,68)/b19-16-,21-18-,28-25-,33-31-,34-27-,42-39-,43-40-. The van der Waals surface area contributed by atoms with E-state index in [2.05, 4.69) is 111 Å². The Labute approximate surface area is 433 Å². The van der Waals surface area contributed by atoms with Crippen LogP contribution in [0.1, 0.15) is 284 Å². The van der Waals surface area contributed by atoms with Crippen molar-refractivity contribution in [2.45, 2.75) is 302 Å². The monoisotopic (exact) mass is 976 g/mol. The molecule has 0 saturated heterocycles. The molecule has 0 aliphatic rings. The molecule has 0 aliphatic carbocycles. The molecule has 0 aromatic heterocycles. The molecular formula is C64H113NO5. The summed E-state index contributed by atoms with van der Waals surface area (Å²) in [6.45, 7) is 6.43. The number of nitrogens with one attached hydrogen (secondary N) is 1. The number of aliphatic hydroxyl groups is 2. The molecule has 0 spiro atoms. The number of aliphatic hydroxyl groups excluding tert-OH is 2. The molecule has 0 aromatic rings. The molecule has 404 valence electrons.